The molecule has 0 fully saturated rings. The second kappa shape index (κ2) is 3.97. The van der Waals surface area contributed by atoms with Crippen molar-refractivity contribution >= 4 is 17.3 Å². The minimum Gasteiger partial charge on any atom is -0.394 e. The molecule has 0 spiro atoms. The number of anilines is 1. The number of halogens is 1. The van der Waals surface area contributed by atoms with E-state index in [4.69, 9.17) is 17.3 Å². The van der Waals surface area contributed by atoms with Crippen LogP contribution in [-0.2, 0) is 6.54 Å². The molecule has 3 nitrogen and oxygen atoms in total. The lowest BCUT2D eigenvalue weighted by Gasteiger charge is -2.01. The van der Waals surface area contributed by atoms with Gasteiger partial charge in [-0.1, -0.05) is 17.7 Å². The molecule has 0 amide bonds. The van der Waals surface area contributed by atoms with E-state index < -0.39 is 0 Å². The van der Waals surface area contributed by atoms with Gasteiger partial charge in [-0.25, -0.2) is 0 Å². The van der Waals surface area contributed by atoms with Crippen LogP contribution in [0.2, 0.25) is 0 Å². The average Bonchev–Trinajstić information content (AvgIpc) is 2.07. The van der Waals surface area contributed by atoms with Crippen LogP contribution in [0.1, 0.15) is 0 Å². The Morgan fingerprint density at radius 1 is 1.67 bits per heavy atom. The van der Waals surface area contributed by atoms with Crippen LogP contribution < -0.4 is 11.2 Å². The maximum Gasteiger partial charge on any atom is 0.204 e. The fraction of sp³-hybridized carbons (Fsp3) is 0.125. The van der Waals surface area contributed by atoms with Crippen LogP contribution in [0.5, 0.6) is 0 Å². The molecule has 1 aromatic heterocycles. The van der Waals surface area contributed by atoms with E-state index in [1.165, 1.54) is 11.6 Å². The number of nitrogens with two attached hydrogens (primary N) is 1. The predicted octanol–water partition coefficient (Wildman–Crippen LogP) is 1.18. The summed E-state index contributed by atoms with van der Waals surface area (Å²) in [6.45, 7) is 0.619. The Balaban J connectivity index is 2.89. The highest BCUT2D eigenvalue weighted by Crippen LogP contribution is 1.94. The minimum absolute atomic E-state index is 0.152. The molecule has 0 aliphatic carbocycles. The summed E-state index contributed by atoms with van der Waals surface area (Å²) in [4.78, 5) is 10.9. The third-order valence-corrected chi connectivity index (χ3v) is 1.59. The molecule has 1 heterocycles. The summed E-state index contributed by atoms with van der Waals surface area (Å²) in [6.07, 6.45) is 5.00. The highest BCUT2D eigenvalue weighted by atomic mass is 35.5. The number of pyridine rings is 1. The molecule has 1 aromatic rings. The quantitative estimate of drug-likeness (QED) is 0.751. The number of rotatable bonds is 2. The van der Waals surface area contributed by atoms with E-state index in [1.807, 2.05) is 0 Å². The van der Waals surface area contributed by atoms with Gasteiger partial charge < -0.3 is 10.3 Å². The molecular formula is C8H9ClN2O. The molecule has 0 aromatic carbocycles. The van der Waals surface area contributed by atoms with Crippen molar-refractivity contribution in [3.63, 3.8) is 0 Å². The Morgan fingerprint density at radius 3 is 3.00 bits per heavy atom. The Kier molecular flexibility index (Phi) is 2.94. The van der Waals surface area contributed by atoms with Gasteiger partial charge in [-0.2, -0.15) is 0 Å². The van der Waals surface area contributed by atoms with Crippen molar-refractivity contribution < 1.29 is 0 Å². The van der Waals surface area contributed by atoms with E-state index >= 15 is 0 Å². The van der Waals surface area contributed by atoms with Gasteiger partial charge in [0.2, 0.25) is 5.43 Å². The van der Waals surface area contributed by atoms with Crippen LogP contribution in [0, 0.1) is 0 Å². The molecule has 12 heavy (non-hydrogen) atoms. The van der Waals surface area contributed by atoms with Crippen molar-refractivity contribution in [1.29, 1.82) is 0 Å². The SMILES string of the molecule is Nc1cn(C/C=C/Cl)ccc1=O. The topological polar surface area (TPSA) is 48.0 Å². The first-order chi connectivity index (χ1) is 5.74. The lowest BCUT2D eigenvalue weighted by molar-refractivity contribution is 0.814. The van der Waals surface area contributed by atoms with Crippen molar-refractivity contribution in [2.75, 3.05) is 5.73 Å². The molecule has 0 unspecified atom stereocenters. The number of hydrogen-bond donors (Lipinski definition) is 1. The van der Waals surface area contributed by atoms with Crippen LogP contribution in [0.15, 0.2) is 34.9 Å². The van der Waals surface area contributed by atoms with Gasteiger partial charge in [-0.05, 0) is 0 Å². The summed E-state index contributed by atoms with van der Waals surface area (Å²) in [5.74, 6) is 0. The van der Waals surface area contributed by atoms with E-state index in [1.54, 1.807) is 23.0 Å². The number of aromatic nitrogens is 1. The van der Waals surface area contributed by atoms with Gasteiger partial charge in [0.15, 0.2) is 0 Å². The first kappa shape index (κ1) is 8.87. The first-order valence-corrected chi connectivity index (χ1v) is 3.88. The summed E-state index contributed by atoms with van der Waals surface area (Å²) in [6, 6.07) is 1.43. The van der Waals surface area contributed by atoms with Crippen LogP contribution >= 0.6 is 11.6 Å². The predicted molar refractivity (Wildman–Crippen MR) is 50.1 cm³/mol. The normalized spacial score (nSPS) is 10.8. The van der Waals surface area contributed by atoms with Crippen molar-refractivity contribution in [3.8, 4) is 0 Å². The minimum atomic E-state index is -0.152. The van der Waals surface area contributed by atoms with Crippen LogP contribution in [0.3, 0.4) is 0 Å². The lowest BCUT2D eigenvalue weighted by atomic mass is 10.4. The fourth-order valence-electron chi connectivity index (χ4n) is 0.820. The molecule has 0 bridgehead atoms. The molecular weight excluding hydrogens is 176 g/mol. The molecule has 0 aliphatic rings. The Morgan fingerprint density at radius 2 is 2.42 bits per heavy atom. The van der Waals surface area contributed by atoms with Gasteiger partial charge in [-0.3, -0.25) is 4.79 Å². The highest BCUT2D eigenvalue weighted by molar-refractivity contribution is 6.25. The van der Waals surface area contributed by atoms with E-state index in [9.17, 15) is 4.79 Å². The van der Waals surface area contributed by atoms with Crippen LogP contribution in [0.25, 0.3) is 0 Å². The third-order valence-electron chi connectivity index (χ3n) is 1.41. The first-order valence-electron chi connectivity index (χ1n) is 3.45. The smallest absolute Gasteiger partial charge is 0.204 e. The Labute approximate surface area is 75.1 Å². The van der Waals surface area contributed by atoms with Gasteiger partial charge in [0.25, 0.3) is 0 Å². The summed E-state index contributed by atoms with van der Waals surface area (Å²) in [7, 11) is 0. The monoisotopic (exact) mass is 184 g/mol. The van der Waals surface area contributed by atoms with Crippen molar-refractivity contribution in [2.45, 2.75) is 6.54 Å². The zero-order valence-corrected chi connectivity index (χ0v) is 7.16. The molecule has 1 rings (SSSR count). The molecule has 0 radical (unpaired) electrons. The number of nitrogens with zero attached hydrogens (tertiary/aromatic N) is 1. The maximum absolute atomic E-state index is 10.9. The van der Waals surface area contributed by atoms with Crippen LogP contribution in [0.4, 0.5) is 5.69 Å². The summed E-state index contributed by atoms with van der Waals surface area (Å²) in [5.41, 5.74) is 6.93. The summed E-state index contributed by atoms with van der Waals surface area (Å²) < 4.78 is 1.77. The standard InChI is InChI=1S/C8H9ClN2O/c9-3-1-4-11-5-2-8(12)7(10)6-11/h1-3,5-6H,4,10H2/b3-1+. The van der Waals surface area contributed by atoms with Crippen molar-refractivity contribution in [2.24, 2.45) is 0 Å². The van der Waals surface area contributed by atoms with Gasteiger partial charge in [0, 0.05) is 30.5 Å². The number of allylic oxidation sites excluding steroid dienone is 1. The average molecular weight is 185 g/mol. The lowest BCUT2D eigenvalue weighted by Crippen LogP contribution is -2.10. The Bertz CT molecular complexity index is 343. The van der Waals surface area contributed by atoms with Gasteiger partial charge >= 0.3 is 0 Å². The van der Waals surface area contributed by atoms with E-state index in [2.05, 4.69) is 0 Å². The molecule has 64 valence electrons. The maximum atomic E-state index is 10.9. The molecule has 0 atom stereocenters. The largest absolute Gasteiger partial charge is 0.394 e. The van der Waals surface area contributed by atoms with Crippen molar-refractivity contribution in [3.05, 3.63) is 40.3 Å². The third kappa shape index (κ3) is 2.13. The molecule has 0 saturated heterocycles. The zero-order valence-electron chi connectivity index (χ0n) is 6.40. The van der Waals surface area contributed by atoms with Gasteiger partial charge in [-0.15, -0.1) is 0 Å². The fourth-order valence-corrected chi connectivity index (χ4v) is 0.900. The second-order valence-corrected chi connectivity index (χ2v) is 2.57. The van der Waals surface area contributed by atoms with Gasteiger partial charge in [0.05, 0.1) is 5.69 Å². The summed E-state index contributed by atoms with van der Waals surface area (Å²) in [5, 5.41) is 0. The van der Waals surface area contributed by atoms with E-state index in [-0.39, 0.29) is 11.1 Å². The molecule has 0 aliphatic heterocycles. The molecule has 2 N–H and O–H groups in total. The van der Waals surface area contributed by atoms with Crippen molar-refractivity contribution in [1.82, 2.24) is 4.57 Å². The molecule has 0 saturated carbocycles. The number of hydrogen-bond acceptors (Lipinski definition) is 2. The highest BCUT2D eigenvalue weighted by Gasteiger charge is 1.92. The molecule has 4 heteroatoms. The van der Waals surface area contributed by atoms with E-state index in [0.29, 0.717) is 6.54 Å². The Hall–Kier alpha value is -1.22. The van der Waals surface area contributed by atoms with Crippen LogP contribution in [-0.4, -0.2) is 4.57 Å². The summed E-state index contributed by atoms with van der Waals surface area (Å²) >= 11 is 5.34. The second-order valence-electron chi connectivity index (χ2n) is 2.32. The number of nitrogen functional groups attached to an aromatic ring is 1. The van der Waals surface area contributed by atoms with Gasteiger partial charge in [0.1, 0.15) is 0 Å². The van der Waals surface area contributed by atoms with E-state index in [0.717, 1.165) is 0 Å². The zero-order chi connectivity index (χ0) is 8.97.